The van der Waals surface area contributed by atoms with Crippen LogP contribution in [-0.4, -0.2) is 27.7 Å². The molecule has 9 heteroatoms. The molecule has 0 aliphatic carbocycles. The van der Waals surface area contributed by atoms with Crippen LogP contribution in [0.15, 0.2) is 24.4 Å². The number of nitro benzene ring substituents is 1. The number of halogens is 1. The Labute approximate surface area is 137 Å². The third-order valence-electron chi connectivity index (χ3n) is 3.24. The van der Waals surface area contributed by atoms with E-state index in [-0.39, 0.29) is 23.0 Å². The summed E-state index contributed by atoms with van der Waals surface area (Å²) < 4.78 is 6.43. The van der Waals surface area contributed by atoms with Gasteiger partial charge in [0.15, 0.2) is 0 Å². The summed E-state index contributed by atoms with van der Waals surface area (Å²) in [6.07, 6.45) is 1.55. The molecule has 0 spiro atoms. The molecule has 1 unspecified atom stereocenters. The molecule has 0 aliphatic rings. The maximum Gasteiger partial charge on any atom is 0.275 e. The van der Waals surface area contributed by atoms with E-state index in [1.54, 1.807) is 20.0 Å². The summed E-state index contributed by atoms with van der Waals surface area (Å²) in [5.74, 6) is -0.105. The topological polar surface area (TPSA) is 99.3 Å². The molecule has 122 valence electrons. The zero-order chi connectivity index (χ0) is 17.1. The van der Waals surface area contributed by atoms with Gasteiger partial charge in [0.05, 0.1) is 34.5 Å². The molecule has 1 heterocycles. The van der Waals surface area contributed by atoms with Crippen LogP contribution >= 0.6 is 11.6 Å². The number of nitrogens with zero attached hydrogens (tertiary/aromatic N) is 3. The summed E-state index contributed by atoms with van der Waals surface area (Å²) in [6.45, 7) is 3.38. The van der Waals surface area contributed by atoms with Gasteiger partial charge in [0.25, 0.3) is 5.69 Å². The first-order valence-corrected chi connectivity index (χ1v) is 7.05. The fourth-order valence-electron chi connectivity index (χ4n) is 1.90. The number of methoxy groups -OCH3 is 1. The number of non-ortho nitro benzene ring substituents is 1. The van der Waals surface area contributed by atoms with Gasteiger partial charge in [-0.05, 0) is 13.8 Å². The van der Waals surface area contributed by atoms with Crippen LogP contribution in [0.5, 0.6) is 5.75 Å². The Morgan fingerprint density at radius 3 is 2.70 bits per heavy atom. The Balaban J connectivity index is 2.22. The van der Waals surface area contributed by atoms with Crippen LogP contribution in [0.1, 0.15) is 18.7 Å². The van der Waals surface area contributed by atoms with Crippen molar-refractivity contribution in [3.05, 3.63) is 45.2 Å². The molecule has 1 aromatic carbocycles. The van der Waals surface area contributed by atoms with Crippen molar-refractivity contribution in [2.75, 3.05) is 12.4 Å². The normalized spacial score (nSPS) is 11.8. The smallest absolute Gasteiger partial charge is 0.275 e. The quantitative estimate of drug-likeness (QED) is 0.667. The lowest BCUT2D eigenvalue weighted by molar-refractivity contribution is -0.384. The molecule has 0 fully saturated rings. The van der Waals surface area contributed by atoms with Gasteiger partial charge in [-0.15, -0.1) is 0 Å². The minimum Gasteiger partial charge on any atom is -0.496 e. The first-order chi connectivity index (χ1) is 10.8. The van der Waals surface area contributed by atoms with Gasteiger partial charge in [0.1, 0.15) is 11.8 Å². The Kier molecular flexibility index (Phi) is 4.85. The minimum absolute atomic E-state index is 0.176. The second kappa shape index (κ2) is 6.66. The van der Waals surface area contributed by atoms with Crippen molar-refractivity contribution in [1.29, 1.82) is 0 Å². The largest absolute Gasteiger partial charge is 0.496 e. The van der Waals surface area contributed by atoms with Gasteiger partial charge in [0.2, 0.25) is 5.91 Å². The van der Waals surface area contributed by atoms with E-state index < -0.39 is 11.0 Å². The number of rotatable bonds is 5. The summed E-state index contributed by atoms with van der Waals surface area (Å²) in [6, 6.07) is 3.40. The van der Waals surface area contributed by atoms with Gasteiger partial charge in [-0.1, -0.05) is 11.6 Å². The number of aryl methyl sites for hydroxylation is 1. The fraction of sp³-hybridized carbons (Fsp3) is 0.286. The molecule has 1 atom stereocenters. The van der Waals surface area contributed by atoms with Crippen molar-refractivity contribution in [3.8, 4) is 5.75 Å². The molecule has 0 bridgehead atoms. The number of carbonyl (C=O) groups excluding carboxylic acids is 1. The van der Waals surface area contributed by atoms with E-state index in [1.807, 2.05) is 0 Å². The van der Waals surface area contributed by atoms with Gasteiger partial charge in [-0.2, -0.15) is 5.10 Å². The zero-order valence-electron chi connectivity index (χ0n) is 12.7. The molecular weight excluding hydrogens is 324 g/mol. The molecule has 1 aromatic heterocycles. The van der Waals surface area contributed by atoms with E-state index in [0.29, 0.717) is 10.7 Å². The molecule has 0 aliphatic heterocycles. The summed E-state index contributed by atoms with van der Waals surface area (Å²) in [7, 11) is 1.39. The van der Waals surface area contributed by atoms with Crippen molar-refractivity contribution >= 4 is 28.9 Å². The van der Waals surface area contributed by atoms with Crippen LogP contribution in [-0.2, 0) is 4.79 Å². The molecule has 2 rings (SSSR count). The average Bonchev–Trinajstić information content (AvgIpc) is 2.85. The van der Waals surface area contributed by atoms with Crippen molar-refractivity contribution in [2.45, 2.75) is 19.9 Å². The van der Waals surface area contributed by atoms with Crippen molar-refractivity contribution < 1.29 is 14.5 Å². The zero-order valence-corrected chi connectivity index (χ0v) is 13.5. The van der Waals surface area contributed by atoms with E-state index >= 15 is 0 Å². The Bertz CT molecular complexity index is 740. The van der Waals surface area contributed by atoms with E-state index in [0.717, 1.165) is 0 Å². The highest BCUT2D eigenvalue weighted by Crippen LogP contribution is 2.26. The Hall–Kier alpha value is -2.61. The van der Waals surface area contributed by atoms with Crippen LogP contribution in [0.3, 0.4) is 0 Å². The maximum absolute atomic E-state index is 12.3. The standard InChI is InChI=1S/C14H15ClN4O4/c1-8-13(15)7-18(17-8)9(2)14(20)16-10-4-11(19(21)22)6-12(5-10)23-3/h4-7,9H,1-3H3,(H,16,20). The number of ether oxygens (including phenoxy) is 1. The molecule has 2 aromatic rings. The molecule has 23 heavy (non-hydrogen) atoms. The van der Waals surface area contributed by atoms with E-state index in [1.165, 1.54) is 30.0 Å². The number of anilines is 1. The molecule has 1 N–H and O–H groups in total. The number of hydrogen-bond acceptors (Lipinski definition) is 5. The first kappa shape index (κ1) is 16.8. The highest BCUT2D eigenvalue weighted by atomic mass is 35.5. The monoisotopic (exact) mass is 338 g/mol. The van der Waals surface area contributed by atoms with Crippen molar-refractivity contribution in [1.82, 2.24) is 9.78 Å². The number of nitro groups is 1. The van der Waals surface area contributed by atoms with Gasteiger partial charge in [0, 0.05) is 18.3 Å². The predicted octanol–water partition coefficient (Wildman–Crippen LogP) is 2.96. The summed E-state index contributed by atoms with van der Waals surface area (Å²) in [5.41, 5.74) is 0.705. The third-order valence-corrected chi connectivity index (χ3v) is 3.61. The number of aromatic nitrogens is 2. The highest BCUT2D eigenvalue weighted by molar-refractivity contribution is 6.31. The van der Waals surface area contributed by atoms with E-state index in [2.05, 4.69) is 10.4 Å². The lowest BCUT2D eigenvalue weighted by atomic mass is 10.2. The molecule has 0 saturated carbocycles. The highest BCUT2D eigenvalue weighted by Gasteiger charge is 2.19. The lowest BCUT2D eigenvalue weighted by Crippen LogP contribution is -2.24. The van der Waals surface area contributed by atoms with Crippen molar-refractivity contribution in [3.63, 3.8) is 0 Å². The van der Waals surface area contributed by atoms with Crippen LogP contribution in [0.2, 0.25) is 5.02 Å². The second-order valence-electron chi connectivity index (χ2n) is 4.88. The van der Waals surface area contributed by atoms with Crippen LogP contribution in [0.4, 0.5) is 11.4 Å². The molecular formula is C14H15ClN4O4. The van der Waals surface area contributed by atoms with Crippen molar-refractivity contribution in [2.24, 2.45) is 0 Å². The lowest BCUT2D eigenvalue weighted by Gasteiger charge is -2.13. The van der Waals surface area contributed by atoms with Crippen LogP contribution in [0.25, 0.3) is 0 Å². The van der Waals surface area contributed by atoms with Gasteiger partial charge >= 0.3 is 0 Å². The number of carbonyl (C=O) groups is 1. The molecule has 0 radical (unpaired) electrons. The predicted molar refractivity (Wildman–Crippen MR) is 85.0 cm³/mol. The van der Waals surface area contributed by atoms with Crippen LogP contribution in [0, 0.1) is 17.0 Å². The van der Waals surface area contributed by atoms with Gasteiger partial charge < -0.3 is 10.1 Å². The van der Waals surface area contributed by atoms with E-state index in [9.17, 15) is 14.9 Å². The number of nitrogens with one attached hydrogen (secondary N) is 1. The van der Waals surface area contributed by atoms with Crippen LogP contribution < -0.4 is 10.1 Å². The summed E-state index contributed by atoms with van der Waals surface area (Å²) >= 11 is 5.93. The maximum atomic E-state index is 12.3. The molecule has 8 nitrogen and oxygen atoms in total. The SMILES string of the molecule is COc1cc(NC(=O)C(C)n2cc(Cl)c(C)n2)cc([N+](=O)[O-])c1. The third kappa shape index (κ3) is 3.78. The summed E-state index contributed by atoms with van der Waals surface area (Å²) in [5, 5.41) is 18.1. The molecule has 1 amide bonds. The number of hydrogen-bond donors (Lipinski definition) is 1. The number of benzene rings is 1. The van der Waals surface area contributed by atoms with E-state index in [4.69, 9.17) is 16.3 Å². The second-order valence-corrected chi connectivity index (χ2v) is 5.29. The van der Waals surface area contributed by atoms with Gasteiger partial charge in [-0.25, -0.2) is 0 Å². The Morgan fingerprint density at radius 1 is 1.48 bits per heavy atom. The number of amides is 1. The average molecular weight is 339 g/mol. The fourth-order valence-corrected chi connectivity index (χ4v) is 2.04. The Morgan fingerprint density at radius 2 is 2.17 bits per heavy atom. The van der Waals surface area contributed by atoms with Gasteiger partial charge in [-0.3, -0.25) is 19.6 Å². The molecule has 0 saturated heterocycles. The first-order valence-electron chi connectivity index (χ1n) is 6.67. The summed E-state index contributed by atoms with van der Waals surface area (Å²) in [4.78, 5) is 22.6. The minimum atomic E-state index is -0.633.